The van der Waals surface area contributed by atoms with Crippen LogP contribution in [0.5, 0.6) is 0 Å². The van der Waals surface area contributed by atoms with Gasteiger partial charge in [0.05, 0.1) is 10.5 Å². The van der Waals surface area contributed by atoms with Crippen molar-refractivity contribution in [3.63, 3.8) is 0 Å². The highest BCUT2D eigenvalue weighted by atomic mass is 32.1. The number of thiol groups is 1. The summed E-state index contributed by atoms with van der Waals surface area (Å²) in [5.41, 5.74) is -0.113. The van der Waals surface area contributed by atoms with Crippen molar-refractivity contribution in [2.75, 3.05) is 0 Å². The molecule has 1 N–H and O–H groups in total. The van der Waals surface area contributed by atoms with E-state index in [4.69, 9.17) is 0 Å². The first-order chi connectivity index (χ1) is 9.50. The summed E-state index contributed by atoms with van der Waals surface area (Å²) in [5.74, 6) is -0.723. The zero-order valence-electron chi connectivity index (χ0n) is 10.3. The van der Waals surface area contributed by atoms with Crippen molar-refractivity contribution in [2.45, 2.75) is 11.0 Å². The number of carbonyl (C=O) groups is 1. The van der Waals surface area contributed by atoms with Crippen LogP contribution >= 0.6 is 12.6 Å². The van der Waals surface area contributed by atoms with Gasteiger partial charge in [-0.2, -0.15) is 0 Å². The molecule has 20 heavy (non-hydrogen) atoms. The molecular weight excluding hydrogens is 278 g/mol. The van der Waals surface area contributed by atoms with Crippen molar-refractivity contribution in [1.82, 2.24) is 0 Å². The van der Waals surface area contributed by atoms with Crippen LogP contribution in [0.1, 0.15) is 22.0 Å². The van der Waals surface area contributed by atoms with E-state index in [1.807, 2.05) is 0 Å². The van der Waals surface area contributed by atoms with E-state index in [9.17, 15) is 20.0 Å². The molecular formula is C14H11NO4S. The Hall–Kier alpha value is -2.18. The standard InChI is InChI=1S/C14H11NO4S/c16-13(9-4-2-1-3-5-9)14(17)11-8-10(20)6-7-12(11)15(18)19/h1-8,13,16,20H. The van der Waals surface area contributed by atoms with Crippen LogP contribution in [0.3, 0.4) is 0 Å². The number of nitrogens with zero attached hydrogens (tertiary/aromatic N) is 1. The minimum atomic E-state index is -1.44. The molecule has 0 heterocycles. The number of Topliss-reactive ketones (excluding diaryl/α,β-unsaturated/α-hetero) is 1. The summed E-state index contributed by atoms with van der Waals surface area (Å²) in [5, 5.41) is 21.0. The Bertz CT molecular complexity index is 657. The molecule has 0 saturated carbocycles. The van der Waals surface area contributed by atoms with Gasteiger partial charge >= 0.3 is 0 Å². The van der Waals surface area contributed by atoms with Gasteiger partial charge in [-0.25, -0.2) is 0 Å². The second kappa shape index (κ2) is 5.85. The van der Waals surface area contributed by atoms with Crippen LogP contribution in [0.4, 0.5) is 5.69 Å². The fourth-order valence-corrected chi connectivity index (χ4v) is 2.02. The molecule has 0 amide bonds. The zero-order valence-corrected chi connectivity index (χ0v) is 11.2. The van der Waals surface area contributed by atoms with Gasteiger partial charge in [0, 0.05) is 11.0 Å². The maximum Gasteiger partial charge on any atom is 0.280 e. The zero-order chi connectivity index (χ0) is 14.7. The smallest absolute Gasteiger partial charge is 0.280 e. The number of benzene rings is 2. The molecule has 0 fully saturated rings. The van der Waals surface area contributed by atoms with Crippen LogP contribution in [0.25, 0.3) is 0 Å². The van der Waals surface area contributed by atoms with E-state index in [-0.39, 0.29) is 11.3 Å². The van der Waals surface area contributed by atoms with Crippen molar-refractivity contribution in [3.8, 4) is 0 Å². The lowest BCUT2D eigenvalue weighted by molar-refractivity contribution is -0.385. The summed E-state index contributed by atoms with van der Waals surface area (Å²) >= 11 is 4.06. The van der Waals surface area contributed by atoms with Gasteiger partial charge < -0.3 is 5.11 Å². The quantitative estimate of drug-likeness (QED) is 0.392. The Morgan fingerprint density at radius 3 is 2.45 bits per heavy atom. The highest BCUT2D eigenvalue weighted by Gasteiger charge is 2.26. The summed E-state index contributed by atoms with van der Waals surface area (Å²) in [6.45, 7) is 0. The molecule has 0 saturated heterocycles. The molecule has 0 spiro atoms. The van der Waals surface area contributed by atoms with Gasteiger partial charge in [-0.05, 0) is 17.7 Å². The third kappa shape index (κ3) is 2.87. The first-order valence-corrected chi connectivity index (χ1v) is 6.20. The van der Waals surface area contributed by atoms with Crippen LogP contribution in [-0.4, -0.2) is 15.8 Å². The molecule has 0 radical (unpaired) electrons. The largest absolute Gasteiger partial charge is 0.380 e. The molecule has 0 aromatic heterocycles. The van der Waals surface area contributed by atoms with Gasteiger partial charge in [0.2, 0.25) is 5.78 Å². The van der Waals surface area contributed by atoms with Crippen LogP contribution in [0.2, 0.25) is 0 Å². The molecule has 0 aliphatic rings. The normalized spacial score (nSPS) is 11.9. The van der Waals surface area contributed by atoms with Crippen molar-refractivity contribution >= 4 is 24.1 Å². The molecule has 2 aromatic rings. The van der Waals surface area contributed by atoms with E-state index in [1.54, 1.807) is 30.3 Å². The molecule has 2 rings (SSSR count). The first-order valence-electron chi connectivity index (χ1n) is 5.75. The summed E-state index contributed by atoms with van der Waals surface area (Å²) in [7, 11) is 0. The fourth-order valence-electron chi connectivity index (χ4n) is 1.81. The number of carbonyl (C=O) groups excluding carboxylic acids is 1. The maximum atomic E-state index is 12.2. The summed E-state index contributed by atoms with van der Waals surface area (Å²) in [6, 6.07) is 12.2. The van der Waals surface area contributed by atoms with Gasteiger partial charge in [-0.15, -0.1) is 12.6 Å². The second-order valence-corrected chi connectivity index (χ2v) is 4.65. The number of nitro groups is 1. The topological polar surface area (TPSA) is 80.4 Å². The van der Waals surface area contributed by atoms with Gasteiger partial charge in [0.25, 0.3) is 5.69 Å². The lowest BCUT2D eigenvalue weighted by atomic mass is 9.99. The third-order valence-electron chi connectivity index (χ3n) is 2.81. The number of hydrogen-bond acceptors (Lipinski definition) is 5. The average Bonchev–Trinajstić information content (AvgIpc) is 2.46. The molecule has 1 unspecified atom stereocenters. The van der Waals surface area contributed by atoms with Crippen LogP contribution in [-0.2, 0) is 0 Å². The van der Waals surface area contributed by atoms with Crippen LogP contribution in [0.15, 0.2) is 53.4 Å². The number of hydrogen-bond donors (Lipinski definition) is 2. The van der Waals surface area contributed by atoms with Crippen molar-refractivity contribution in [1.29, 1.82) is 0 Å². The number of aliphatic hydroxyl groups is 1. The predicted molar refractivity (Wildman–Crippen MR) is 76.1 cm³/mol. The van der Waals surface area contributed by atoms with Crippen molar-refractivity contribution < 1.29 is 14.8 Å². The van der Waals surface area contributed by atoms with Crippen LogP contribution in [0, 0.1) is 10.1 Å². The first kappa shape index (κ1) is 14.2. The molecule has 0 bridgehead atoms. The summed E-state index contributed by atoms with van der Waals surface area (Å²) < 4.78 is 0. The maximum absolute atomic E-state index is 12.2. The van der Waals surface area contributed by atoms with Gasteiger partial charge in [0.1, 0.15) is 6.10 Å². The Labute approximate surface area is 120 Å². The van der Waals surface area contributed by atoms with Gasteiger partial charge in [-0.1, -0.05) is 30.3 Å². The average molecular weight is 289 g/mol. The molecule has 6 heteroatoms. The number of rotatable bonds is 4. The Balaban J connectivity index is 2.43. The predicted octanol–water partition coefficient (Wildman–Crippen LogP) is 2.80. The van der Waals surface area contributed by atoms with E-state index in [0.717, 1.165) is 0 Å². The van der Waals surface area contributed by atoms with E-state index < -0.39 is 16.8 Å². The SMILES string of the molecule is O=C(c1cc(S)ccc1[N+](=O)[O-])C(O)c1ccccc1. The molecule has 0 aliphatic heterocycles. The molecule has 2 aromatic carbocycles. The van der Waals surface area contributed by atoms with Crippen molar-refractivity contribution in [2.24, 2.45) is 0 Å². The number of ketones is 1. The molecule has 1 atom stereocenters. The Morgan fingerprint density at radius 1 is 1.20 bits per heavy atom. The third-order valence-corrected chi connectivity index (χ3v) is 3.08. The van der Waals surface area contributed by atoms with Crippen LogP contribution < -0.4 is 0 Å². The van der Waals surface area contributed by atoms with Crippen molar-refractivity contribution in [3.05, 3.63) is 69.8 Å². The number of aliphatic hydroxyl groups excluding tert-OH is 1. The Morgan fingerprint density at radius 2 is 1.85 bits per heavy atom. The van der Waals surface area contributed by atoms with Gasteiger partial charge in [-0.3, -0.25) is 14.9 Å². The second-order valence-electron chi connectivity index (χ2n) is 4.14. The summed E-state index contributed by atoms with van der Waals surface area (Å²) in [4.78, 5) is 22.9. The Kier molecular flexibility index (Phi) is 4.16. The molecule has 0 aliphatic carbocycles. The highest BCUT2D eigenvalue weighted by Crippen LogP contribution is 2.27. The minimum Gasteiger partial charge on any atom is -0.380 e. The lowest BCUT2D eigenvalue weighted by Crippen LogP contribution is -2.14. The molecule has 102 valence electrons. The van der Waals surface area contributed by atoms with E-state index in [2.05, 4.69) is 12.6 Å². The summed E-state index contributed by atoms with van der Waals surface area (Å²) in [6.07, 6.45) is -1.44. The monoisotopic (exact) mass is 289 g/mol. The van der Waals surface area contributed by atoms with E-state index in [0.29, 0.717) is 10.5 Å². The lowest BCUT2D eigenvalue weighted by Gasteiger charge is -2.10. The minimum absolute atomic E-state index is 0.154. The van der Waals surface area contributed by atoms with Gasteiger partial charge in [0.15, 0.2) is 0 Å². The van der Waals surface area contributed by atoms with E-state index in [1.165, 1.54) is 18.2 Å². The highest BCUT2D eigenvalue weighted by molar-refractivity contribution is 7.80. The number of nitro benzene ring substituents is 1. The fraction of sp³-hybridized carbons (Fsp3) is 0.0714. The van der Waals surface area contributed by atoms with E-state index >= 15 is 0 Å². The molecule has 5 nitrogen and oxygen atoms in total.